The molecule has 3 rings (SSSR count). The average molecular weight is 357 g/mol. The maximum atomic E-state index is 12.5. The maximum absolute atomic E-state index is 12.5. The molecule has 0 aromatic carbocycles. The van der Waals surface area contributed by atoms with Gasteiger partial charge in [0.25, 0.3) is 5.91 Å². The van der Waals surface area contributed by atoms with Gasteiger partial charge in [-0.15, -0.1) is 11.3 Å². The lowest BCUT2D eigenvalue weighted by molar-refractivity contribution is -0.142. The number of hydrogen-bond acceptors (Lipinski definition) is 7. The number of rotatable bonds is 5. The number of halogens is 3. The molecule has 0 saturated heterocycles. The monoisotopic (exact) mass is 357 g/mol. The lowest BCUT2D eigenvalue weighted by Crippen LogP contribution is -2.17. The third-order valence-corrected chi connectivity index (χ3v) is 3.92. The van der Waals surface area contributed by atoms with Crippen molar-refractivity contribution < 1.29 is 18.0 Å². The lowest BCUT2D eigenvalue weighted by Gasteiger charge is -2.04. The van der Waals surface area contributed by atoms with Crippen LogP contribution in [0, 0.1) is 0 Å². The van der Waals surface area contributed by atoms with Gasteiger partial charge in [0.1, 0.15) is 28.6 Å². The molecule has 3 heterocycles. The number of carbonyl (C=O) groups excluding carboxylic acids is 1. The van der Waals surface area contributed by atoms with E-state index in [4.69, 9.17) is 5.73 Å². The van der Waals surface area contributed by atoms with Crippen LogP contribution < -0.4 is 11.1 Å². The van der Waals surface area contributed by atoms with Crippen LogP contribution in [0.4, 0.5) is 19.0 Å². The quantitative estimate of drug-likeness (QED) is 0.717. The number of alkyl halides is 3. The fourth-order valence-electron chi connectivity index (χ4n) is 1.96. The zero-order valence-corrected chi connectivity index (χ0v) is 12.7. The summed E-state index contributed by atoms with van der Waals surface area (Å²) in [7, 11) is 0. The van der Waals surface area contributed by atoms with E-state index in [2.05, 4.69) is 25.4 Å². The topological polar surface area (TPSA) is 112 Å². The van der Waals surface area contributed by atoms with Crippen molar-refractivity contribution in [3.8, 4) is 0 Å². The second kappa shape index (κ2) is 6.03. The highest BCUT2D eigenvalue weighted by Gasteiger charge is 2.28. The summed E-state index contributed by atoms with van der Waals surface area (Å²) in [5, 5.41) is 7.65. The molecule has 0 spiro atoms. The summed E-state index contributed by atoms with van der Waals surface area (Å²) in [5.41, 5.74) is 5.30. The average Bonchev–Trinajstić information content (AvgIpc) is 3.09. The molecule has 24 heavy (non-hydrogen) atoms. The SMILES string of the molecule is NC(=O)c1cnc(CNc2ncnc3nn(CC(F)(F)F)cc23)s1. The molecule has 126 valence electrons. The van der Waals surface area contributed by atoms with Crippen molar-refractivity contribution in [2.75, 3.05) is 5.32 Å². The van der Waals surface area contributed by atoms with E-state index in [-0.39, 0.29) is 12.2 Å². The van der Waals surface area contributed by atoms with Crippen molar-refractivity contribution >= 4 is 34.1 Å². The van der Waals surface area contributed by atoms with Gasteiger partial charge in [0.2, 0.25) is 0 Å². The molecule has 1 amide bonds. The smallest absolute Gasteiger partial charge is 0.365 e. The van der Waals surface area contributed by atoms with Crippen LogP contribution in [0.2, 0.25) is 0 Å². The van der Waals surface area contributed by atoms with Gasteiger partial charge in [-0.2, -0.15) is 18.3 Å². The number of nitrogens with zero attached hydrogens (tertiary/aromatic N) is 5. The fraction of sp³-hybridized carbons (Fsp3) is 0.250. The van der Waals surface area contributed by atoms with Crippen LogP contribution in [0.1, 0.15) is 14.7 Å². The molecule has 0 bridgehead atoms. The van der Waals surface area contributed by atoms with Gasteiger partial charge >= 0.3 is 6.18 Å². The third kappa shape index (κ3) is 3.59. The largest absolute Gasteiger partial charge is 0.408 e. The van der Waals surface area contributed by atoms with Gasteiger partial charge in [0, 0.05) is 6.20 Å². The Morgan fingerprint density at radius 3 is 2.79 bits per heavy atom. The predicted octanol–water partition coefficient (Wildman–Crippen LogP) is 1.56. The summed E-state index contributed by atoms with van der Waals surface area (Å²) in [4.78, 5) is 23.2. The van der Waals surface area contributed by atoms with Crippen LogP contribution in [0.3, 0.4) is 0 Å². The highest BCUT2D eigenvalue weighted by atomic mass is 32.1. The summed E-state index contributed by atoms with van der Waals surface area (Å²) in [6, 6.07) is 0. The number of nitrogens with two attached hydrogens (primary N) is 1. The summed E-state index contributed by atoms with van der Waals surface area (Å²) in [6.45, 7) is -0.980. The number of thiazole rings is 1. The first-order chi connectivity index (χ1) is 11.3. The summed E-state index contributed by atoms with van der Waals surface area (Å²) in [6.07, 6.45) is -0.593. The van der Waals surface area contributed by atoms with Gasteiger partial charge < -0.3 is 11.1 Å². The summed E-state index contributed by atoms with van der Waals surface area (Å²) in [5.74, 6) is -0.249. The fourth-order valence-corrected chi connectivity index (χ4v) is 2.66. The molecule has 3 aromatic heterocycles. The Morgan fingerprint density at radius 2 is 2.12 bits per heavy atom. The Hall–Kier alpha value is -2.76. The van der Waals surface area contributed by atoms with E-state index >= 15 is 0 Å². The zero-order chi connectivity index (χ0) is 17.3. The first-order valence-corrected chi connectivity index (χ1v) is 7.37. The second-order valence-electron chi connectivity index (χ2n) is 4.74. The molecule has 8 nitrogen and oxygen atoms in total. The van der Waals surface area contributed by atoms with Crippen molar-refractivity contribution in [2.24, 2.45) is 5.73 Å². The molecule has 0 aliphatic heterocycles. The number of fused-ring (bicyclic) bond motifs is 1. The standard InChI is InChI=1S/C12H10F3N7OS/c13-12(14,15)4-22-3-6-10(19-5-20-11(6)21-22)18-2-8-17-1-7(24-8)9(16)23/h1,3,5H,2,4H2,(H2,16,23)(H,18,19,20,21). The summed E-state index contributed by atoms with van der Waals surface area (Å²) >= 11 is 1.12. The molecule has 0 unspecified atom stereocenters. The van der Waals surface area contributed by atoms with Crippen molar-refractivity contribution in [3.63, 3.8) is 0 Å². The van der Waals surface area contributed by atoms with Crippen molar-refractivity contribution in [1.29, 1.82) is 0 Å². The van der Waals surface area contributed by atoms with Gasteiger partial charge in [-0.3, -0.25) is 9.48 Å². The van der Waals surface area contributed by atoms with Crippen molar-refractivity contribution in [1.82, 2.24) is 24.7 Å². The van der Waals surface area contributed by atoms with Crippen LogP contribution >= 0.6 is 11.3 Å². The van der Waals surface area contributed by atoms with Gasteiger partial charge in [0.05, 0.1) is 18.1 Å². The van der Waals surface area contributed by atoms with Crippen LogP contribution in [-0.2, 0) is 13.1 Å². The Balaban J connectivity index is 1.79. The van der Waals surface area contributed by atoms with E-state index in [1.54, 1.807) is 0 Å². The highest BCUT2D eigenvalue weighted by Crippen LogP contribution is 2.22. The van der Waals surface area contributed by atoms with Gasteiger partial charge in [-0.05, 0) is 0 Å². The first kappa shape index (κ1) is 16.1. The van der Waals surface area contributed by atoms with Crippen LogP contribution in [0.15, 0.2) is 18.7 Å². The Bertz CT molecular complexity index is 888. The minimum absolute atomic E-state index is 0.147. The summed E-state index contributed by atoms with van der Waals surface area (Å²) < 4.78 is 38.1. The Kier molecular flexibility index (Phi) is 4.05. The number of nitrogens with one attached hydrogen (secondary N) is 1. The van der Waals surface area contributed by atoms with E-state index in [0.717, 1.165) is 16.0 Å². The second-order valence-corrected chi connectivity index (χ2v) is 5.85. The minimum Gasteiger partial charge on any atom is -0.365 e. The van der Waals surface area contributed by atoms with Crippen molar-refractivity contribution in [2.45, 2.75) is 19.3 Å². The molecule has 12 heteroatoms. The van der Waals surface area contributed by atoms with Crippen molar-refractivity contribution in [3.05, 3.63) is 28.6 Å². The number of amides is 1. The van der Waals surface area contributed by atoms with E-state index in [1.807, 2.05) is 0 Å². The normalized spacial score (nSPS) is 11.8. The van der Waals surface area contributed by atoms with Crippen LogP contribution in [0.25, 0.3) is 11.0 Å². The third-order valence-electron chi connectivity index (χ3n) is 2.91. The lowest BCUT2D eigenvalue weighted by atomic mass is 10.4. The van der Waals surface area contributed by atoms with E-state index in [1.165, 1.54) is 18.7 Å². The Morgan fingerprint density at radius 1 is 1.33 bits per heavy atom. The highest BCUT2D eigenvalue weighted by molar-refractivity contribution is 7.13. The molecule has 0 fully saturated rings. The predicted molar refractivity (Wildman–Crippen MR) is 79.3 cm³/mol. The first-order valence-electron chi connectivity index (χ1n) is 6.55. The van der Waals surface area contributed by atoms with Crippen LogP contribution in [0.5, 0.6) is 0 Å². The molecule has 0 radical (unpaired) electrons. The number of aromatic nitrogens is 5. The van der Waals surface area contributed by atoms with E-state index in [0.29, 0.717) is 21.1 Å². The van der Waals surface area contributed by atoms with E-state index in [9.17, 15) is 18.0 Å². The molecular weight excluding hydrogens is 347 g/mol. The molecule has 0 saturated carbocycles. The van der Waals surface area contributed by atoms with Gasteiger partial charge in [-0.1, -0.05) is 0 Å². The molecule has 0 atom stereocenters. The zero-order valence-electron chi connectivity index (χ0n) is 11.9. The molecule has 3 N–H and O–H groups in total. The number of carbonyl (C=O) groups is 1. The van der Waals surface area contributed by atoms with E-state index < -0.39 is 18.6 Å². The molecule has 0 aliphatic rings. The molecule has 3 aromatic rings. The Labute approximate surface area is 136 Å². The minimum atomic E-state index is -4.38. The maximum Gasteiger partial charge on any atom is 0.408 e. The van der Waals surface area contributed by atoms with Gasteiger partial charge in [-0.25, -0.2) is 15.0 Å². The number of anilines is 1. The number of primary amides is 1. The van der Waals surface area contributed by atoms with Crippen LogP contribution in [-0.4, -0.2) is 36.8 Å². The van der Waals surface area contributed by atoms with Gasteiger partial charge in [0.15, 0.2) is 5.65 Å². The molecular formula is C12H10F3N7OS. The number of hydrogen-bond donors (Lipinski definition) is 2. The molecule has 0 aliphatic carbocycles.